The molecular weight excluding hydrogens is 517 g/mol. The van der Waals surface area contributed by atoms with E-state index in [0.29, 0.717) is 36.2 Å². The summed E-state index contributed by atoms with van der Waals surface area (Å²) in [7, 11) is -5.58. The molecule has 1 aliphatic carbocycles. The lowest BCUT2D eigenvalue weighted by Gasteiger charge is -2.22. The number of nitrogens with zero attached hydrogens (tertiary/aromatic N) is 3. The highest BCUT2D eigenvalue weighted by atomic mass is 32.2. The minimum atomic E-state index is -5.58. The minimum Gasteiger partial charge on any atom is -0.459 e. The fourth-order valence-corrected chi connectivity index (χ4v) is 4.87. The van der Waals surface area contributed by atoms with Crippen LogP contribution in [-0.2, 0) is 21.2 Å². The normalized spacial score (nSPS) is 16.9. The Labute approximate surface area is 207 Å². The number of nitrogens with one attached hydrogen (secondary N) is 1. The van der Waals surface area contributed by atoms with Crippen LogP contribution in [0.15, 0.2) is 70.4 Å². The largest absolute Gasteiger partial charge is 0.501 e. The van der Waals surface area contributed by atoms with Crippen LogP contribution in [0.3, 0.4) is 0 Å². The van der Waals surface area contributed by atoms with Crippen LogP contribution in [0.1, 0.15) is 29.0 Å². The monoisotopic (exact) mass is 534 g/mol. The minimum absolute atomic E-state index is 0.0584. The molecule has 192 valence electrons. The number of imide groups is 1. The molecule has 1 spiro atoms. The van der Waals surface area contributed by atoms with Crippen LogP contribution in [0, 0.1) is 0 Å². The number of alkyl halides is 3. The van der Waals surface area contributed by atoms with Gasteiger partial charge in [-0.05, 0) is 60.9 Å². The van der Waals surface area contributed by atoms with Crippen molar-refractivity contribution in [1.29, 1.82) is 0 Å². The van der Waals surface area contributed by atoms with Crippen molar-refractivity contribution >= 4 is 39.1 Å². The highest BCUT2D eigenvalue weighted by Gasteiger charge is 2.65. The van der Waals surface area contributed by atoms with Gasteiger partial charge in [-0.1, -0.05) is 0 Å². The smallest absolute Gasteiger partial charge is 0.459 e. The number of sulfone groups is 1. The zero-order chi connectivity index (χ0) is 26.6. The Kier molecular flexibility index (Phi) is 5.58. The molecule has 2 aliphatic rings. The van der Waals surface area contributed by atoms with Crippen LogP contribution < -0.4 is 10.2 Å². The average molecular weight is 534 g/mol. The molecule has 0 unspecified atom stereocenters. The van der Waals surface area contributed by atoms with Crippen molar-refractivity contribution in [2.45, 2.75) is 35.3 Å². The van der Waals surface area contributed by atoms with Crippen molar-refractivity contribution in [1.82, 2.24) is 9.88 Å². The van der Waals surface area contributed by atoms with Gasteiger partial charge in [0.05, 0.1) is 35.3 Å². The van der Waals surface area contributed by atoms with E-state index in [1.807, 2.05) is 0 Å². The SMILES string of the molecule is O=C(Nc1cnccc1CN1C(=O)N(c2ccc(S(=O)(=O)C(F)(F)F)cc2)C(=O)C12CC2)c1ccco1. The lowest BCUT2D eigenvalue weighted by Crippen LogP contribution is -2.36. The number of carbonyl (C=O) groups excluding carboxylic acids is 3. The molecule has 0 atom stereocenters. The van der Waals surface area contributed by atoms with Crippen molar-refractivity contribution in [3.8, 4) is 0 Å². The van der Waals surface area contributed by atoms with E-state index in [2.05, 4.69) is 10.3 Å². The highest BCUT2D eigenvalue weighted by molar-refractivity contribution is 7.92. The van der Waals surface area contributed by atoms with Crippen molar-refractivity contribution < 1.29 is 40.4 Å². The summed E-state index contributed by atoms with van der Waals surface area (Å²) in [6, 6.07) is 7.23. The Morgan fingerprint density at radius 1 is 1.11 bits per heavy atom. The number of halogens is 3. The number of hydrogen-bond donors (Lipinski definition) is 1. The molecule has 3 heterocycles. The second-order valence-corrected chi connectivity index (χ2v) is 10.4. The molecule has 4 amide bonds. The third kappa shape index (κ3) is 4.02. The van der Waals surface area contributed by atoms with Gasteiger partial charge in [-0.15, -0.1) is 0 Å². The molecule has 1 aromatic carbocycles. The summed E-state index contributed by atoms with van der Waals surface area (Å²) in [6.45, 7) is -0.0715. The summed E-state index contributed by atoms with van der Waals surface area (Å²) >= 11 is 0. The first-order valence-corrected chi connectivity index (χ1v) is 12.3. The van der Waals surface area contributed by atoms with Crippen LogP contribution in [-0.4, -0.2) is 47.2 Å². The predicted octanol–water partition coefficient (Wildman–Crippen LogP) is 3.72. The first-order chi connectivity index (χ1) is 17.5. The van der Waals surface area contributed by atoms with Gasteiger partial charge in [0.25, 0.3) is 21.7 Å². The summed E-state index contributed by atoms with van der Waals surface area (Å²) in [5.41, 5.74) is -5.92. The van der Waals surface area contributed by atoms with Crippen LogP contribution in [0.25, 0.3) is 0 Å². The second kappa shape index (κ2) is 8.44. The first-order valence-electron chi connectivity index (χ1n) is 10.8. The quantitative estimate of drug-likeness (QED) is 0.477. The molecule has 0 radical (unpaired) electrons. The molecule has 3 aromatic rings. The number of pyridine rings is 1. The van der Waals surface area contributed by atoms with Gasteiger partial charge < -0.3 is 14.6 Å². The third-order valence-electron chi connectivity index (χ3n) is 6.21. The summed E-state index contributed by atoms with van der Waals surface area (Å²) < 4.78 is 66.9. The number of anilines is 2. The van der Waals surface area contributed by atoms with Gasteiger partial charge in [-0.3, -0.25) is 14.6 Å². The van der Waals surface area contributed by atoms with Crippen molar-refractivity contribution in [3.63, 3.8) is 0 Å². The summed E-state index contributed by atoms with van der Waals surface area (Å²) in [6.07, 6.45) is 4.92. The number of furan rings is 1. The number of urea groups is 1. The molecule has 5 rings (SSSR count). The highest BCUT2D eigenvalue weighted by Crippen LogP contribution is 2.50. The molecule has 2 aromatic heterocycles. The maximum Gasteiger partial charge on any atom is 0.501 e. The molecule has 1 aliphatic heterocycles. The van der Waals surface area contributed by atoms with E-state index in [0.717, 1.165) is 17.0 Å². The maximum atomic E-state index is 13.4. The molecule has 14 heteroatoms. The molecule has 2 fully saturated rings. The number of amides is 4. The van der Waals surface area contributed by atoms with E-state index in [4.69, 9.17) is 4.42 Å². The van der Waals surface area contributed by atoms with Crippen LogP contribution in [0.4, 0.5) is 29.3 Å². The lowest BCUT2D eigenvalue weighted by molar-refractivity contribution is -0.120. The van der Waals surface area contributed by atoms with Gasteiger partial charge in [-0.2, -0.15) is 13.2 Å². The maximum absolute atomic E-state index is 13.4. The van der Waals surface area contributed by atoms with Gasteiger partial charge in [0.1, 0.15) is 5.54 Å². The van der Waals surface area contributed by atoms with E-state index in [1.54, 1.807) is 12.1 Å². The third-order valence-corrected chi connectivity index (χ3v) is 7.71. The number of carbonyl (C=O) groups is 3. The topological polar surface area (TPSA) is 130 Å². The summed E-state index contributed by atoms with van der Waals surface area (Å²) in [4.78, 5) is 44.1. The number of hydrogen-bond acceptors (Lipinski definition) is 7. The van der Waals surface area contributed by atoms with Gasteiger partial charge >= 0.3 is 11.5 Å². The molecule has 1 saturated carbocycles. The Bertz CT molecular complexity index is 1500. The van der Waals surface area contributed by atoms with Crippen LogP contribution in [0.2, 0.25) is 0 Å². The van der Waals surface area contributed by atoms with Crippen molar-refractivity contribution in [2.24, 2.45) is 0 Å². The van der Waals surface area contributed by atoms with E-state index < -0.39 is 43.6 Å². The van der Waals surface area contributed by atoms with E-state index >= 15 is 0 Å². The van der Waals surface area contributed by atoms with E-state index in [9.17, 15) is 36.0 Å². The van der Waals surface area contributed by atoms with Crippen LogP contribution in [0.5, 0.6) is 0 Å². The Morgan fingerprint density at radius 3 is 2.41 bits per heavy atom. The van der Waals surface area contributed by atoms with Crippen molar-refractivity contribution in [2.75, 3.05) is 10.2 Å². The fourth-order valence-electron chi connectivity index (χ4n) is 4.11. The molecular formula is C23H17F3N4O6S. The molecule has 37 heavy (non-hydrogen) atoms. The Hall–Kier alpha value is -4.20. The van der Waals surface area contributed by atoms with Crippen molar-refractivity contribution in [3.05, 3.63) is 72.4 Å². The molecule has 1 N–H and O–H groups in total. The second-order valence-electron chi connectivity index (χ2n) is 8.45. The van der Waals surface area contributed by atoms with E-state index in [1.165, 1.54) is 29.6 Å². The van der Waals surface area contributed by atoms with Gasteiger partial charge in [0, 0.05) is 6.20 Å². The molecule has 1 saturated heterocycles. The number of rotatable bonds is 6. The summed E-state index contributed by atoms with van der Waals surface area (Å²) in [5, 5.41) is 2.66. The zero-order valence-corrected chi connectivity index (χ0v) is 19.5. The standard InChI is InChI=1S/C23H17F3N4O6S/c24-23(25,26)37(34,35)16-5-3-15(4-6-16)30-20(32)22(8-9-22)29(21(30)33)13-14-7-10-27-12-17(14)28-19(31)18-2-1-11-36-18/h1-7,10-12H,8-9,13H2,(H,28,31). The average Bonchev–Trinajstić information content (AvgIpc) is 3.40. The van der Waals surface area contributed by atoms with Gasteiger partial charge in [0.15, 0.2) is 5.76 Å². The Balaban J connectivity index is 1.41. The summed E-state index contributed by atoms with van der Waals surface area (Å²) in [5.74, 6) is -1.05. The van der Waals surface area contributed by atoms with Gasteiger partial charge in [-0.25, -0.2) is 18.1 Å². The number of aromatic nitrogens is 1. The molecule has 0 bridgehead atoms. The van der Waals surface area contributed by atoms with Crippen LogP contribution >= 0.6 is 0 Å². The van der Waals surface area contributed by atoms with Gasteiger partial charge in [0.2, 0.25) is 0 Å². The Morgan fingerprint density at radius 2 is 1.81 bits per heavy atom. The fraction of sp³-hybridized carbons (Fsp3) is 0.217. The predicted molar refractivity (Wildman–Crippen MR) is 121 cm³/mol. The zero-order valence-electron chi connectivity index (χ0n) is 18.7. The number of benzene rings is 1. The van der Waals surface area contributed by atoms with E-state index in [-0.39, 0.29) is 18.0 Å². The molecule has 10 nitrogen and oxygen atoms in total. The first kappa shape index (κ1) is 24.5. The lowest BCUT2D eigenvalue weighted by atomic mass is 10.1.